The molecule has 0 aromatic carbocycles. The largest absolute Gasteiger partial charge is 0.377 e. The lowest BCUT2D eigenvalue weighted by Gasteiger charge is -2.34. The minimum atomic E-state index is -0.261. The van der Waals surface area contributed by atoms with Crippen LogP contribution in [0.15, 0.2) is 18.5 Å². The summed E-state index contributed by atoms with van der Waals surface area (Å²) in [7, 11) is 0. The molecule has 2 aromatic heterocycles. The second kappa shape index (κ2) is 8.02. The Kier molecular flexibility index (Phi) is 5.42. The van der Waals surface area contributed by atoms with E-state index < -0.39 is 0 Å². The number of rotatable bonds is 4. The molecule has 2 saturated heterocycles. The molecule has 4 heterocycles. The van der Waals surface area contributed by atoms with Gasteiger partial charge in [-0.15, -0.1) is 0 Å². The number of likely N-dealkylation sites (tertiary alicyclic amines) is 1. The van der Waals surface area contributed by atoms with Gasteiger partial charge >= 0.3 is 0 Å². The Morgan fingerprint density at radius 3 is 2.73 bits per heavy atom. The summed E-state index contributed by atoms with van der Waals surface area (Å²) in [4.78, 5) is 33.6. The van der Waals surface area contributed by atoms with Gasteiger partial charge in [0.2, 0.25) is 17.8 Å². The van der Waals surface area contributed by atoms with E-state index in [1.165, 1.54) is 0 Å². The summed E-state index contributed by atoms with van der Waals surface area (Å²) in [5.41, 5.74) is 6.86. The van der Waals surface area contributed by atoms with E-state index in [1.807, 2.05) is 11.0 Å². The van der Waals surface area contributed by atoms with Crippen molar-refractivity contribution in [2.75, 3.05) is 48.8 Å². The standard InChI is InChI=1S/C20H28N8O2/c1-13-11-30-7-6-28(13)19-24-16(15-9-22-18(21)23-10-15)8-17(25-19)26-20(3)4-5-27(12-20)14(2)29/h8-10,13H,4-7,11-12H2,1-3H3,(H2,21,22,23)(H,24,25,26)/t13-,20-/m0/s1. The molecule has 10 nitrogen and oxygen atoms in total. The lowest BCUT2D eigenvalue weighted by atomic mass is 10.0. The van der Waals surface area contributed by atoms with Crippen LogP contribution in [0.4, 0.5) is 17.7 Å². The summed E-state index contributed by atoms with van der Waals surface area (Å²) in [6.45, 7) is 9.17. The van der Waals surface area contributed by atoms with E-state index in [9.17, 15) is 4.79 Å². The van der Waals surface area contributed by atoms with Crippen molar-refractivity contribution in [2.45, 2.75) is 38.8 Å². The van der Waals surface area contributed by atoms with Crippen molar-refractivity contribution in [2.24, 2.45) is 0 Å². The van der Waals surface area contributed by atoms with Gasteiger partial charge in [-0.25, -0.2) is 15.0 Å². The van der Waals surface area contributed by atoms with Crippen LogP contribution in [0.3, 0.4) is 0 Å². The van der Waals surface area contributed by atoms with Gasteiger partial charge in [0.25, 0.3) is 0 Å². The van der Waals surface area contributed by atoms with Gasteiger partial charge in [-0.3, -0.25) is 4.79 Å². The fourth-order valence-electron chi connectivity index (χ4n) is 3.91. The van der Waals surface area contributed by atoms with E-state index in [0.717, 1.165) is 25.1 Å². The summed E-state index contributed by atoms with van der Waals surface area (Å²) >= 11 is 0. The van der Waals surface area contributed by atoms with Gasteiger partial charge in [-0.05, 0) is 20.3 Å². The zero-order valence-electron chi connectivity index (χ0n) is 17.6. The number of anilines is 3. The van der Waals surface area contributed by atoms with Crippen LogP contribution in [0, 0.1) is 0 Å². The van der Waals surface area contributed by atoms with Crippen LogP contribution in [-0.2, 0) is 9.53 Å². The van der Waals surface area contributed by atoms with Crippen LogP contribution in [0.25, 0.3) is 11.3 Å². The van der Waals surface area contributed by atoms with Gasteiger partial charge in [0.15, 0.2) is 0 Å². The smallest absolute Gasteiger partial charge is 0.228 e. The fourth-order valence-corrected chi connectivity index (χ4v) is 3.91. The van der Waals surface area contributed by atoms with Crippen LogP contribution >= 0.6 is 0 Å². The summed E-state index contributed by atoms with van der Waals surface area (Å²) in [5.74, 6) is 1.65. The second-order valence-electron chi connectivity index (χ2n) is 8.26. The third-order valence-corrected chi connectivity index (χ3v) is 5.65. The summed E-state index contributed by atoms with van der Waals surface area (Å²) in [6, 6.07) is 2.06. The molecule has 0 unspecified atom stereocenters. The molecule has 0 saturated carbocycles. The van der Waals surface area contributed by atoms with E-state index >= 15 is 0 Å². The van der Waals surface area contributed by atoms with E-state index in [1.54, 1.807) is 19.3 Å². The Morgan fingerprint density at radius 2 is 2.07 bits per heavy atom. The Bertz CT molecular complexity index is 922. The molecule has 2 atom stereocenters. The highest BCUT2D eigenvalue weighted by molar-refractivity contribution is 5.74. The SMILES string of the molecule is CC(=O)N1CC[C@](C)(Nc2cc(-c3cnc(N)nc3)nc(N3CCOC[C@@H]3C)n2)C1. The molecule has 3 N–H and O–H groups in total. The highest BCUT2D eigenvalue weighted by Gasteiger charge is 2.35. The number of hydrogen-bond donors (Lipinski definition) is 2. The predicted octanol–water partition coefficient (Wildman–Crippen LogP) is 1.16. The zero-order valence-corrected chi connectivity index (χ0v) is 17.6. The maximum absolute atomic E-state index is 11.8. The quantitative estimate of drug-likeness (QED) is 0.761. The lowest BCUT2D eigenvalue weighted by Crippen LogP contribution is -2.45. The molecule has 0 aliphatic carbocycles. The Balaban J connectivity index is 1.68. The van der Waals surface area contributed by atoms with Crippen molar-refractivity contribution in [1.29, 1.82) is 0 Å². The van der Waals surface area contributed by atoms with Gasteiger partial charge in [0.1, 0.15) is 5.82 Å². The first-order valence-corrected chi connectivity index (χ1v) is 10.2. The molecular weight excluding hydrogens is 384 g/mol. The molecule has 2 aliphatic heterocycles. The van der Waals surface area contributed by atoms with Crippen molar-refractivity contribution < 1.29 is 9.53 Å². The van der Waals surface area contributed by atoms with Gasteiger partial charge in [-0.1, -0.05) is 0 Å². The first-order chi connectivity index (χ1) is 14.3. The number of hydrogen-bond acceptors (Lipinski definition) is 9. The number of nitrogens with one attached hydrogen (secondary N) is 1. The Morgan fingerprint density at radius 1 is 1.30 bits per heavy atom. The van der Waals surface area contributed by atoms with Crippen molar-refractivity contribution >= 4 is 23.6 Å². The van der Waals surface area contributed by atoms with Crippen molar-refractivity contribution in [3.63, 3.8) is 0 Å². The van der Waals surface area contributed by atoms with Crippen LogP contribution in [0.5, 0.6) is 0 Å². The number of nitrogens with zero attached hydrogens (tertiary/aromatic N) is 6. The maximum Gasteiger partial charge on any atom is 0.228 e. The molecule has 0 radical (unpaired) electrons. The van der Waals surface area contributed by atoms with E-state index in [0.29, 0.717) is 37.2 Å². The minimum Gasteiger partial charge on any atom is -0.377 e. The second-order valence-corrected chi connectivity index (χ2v) is 8.26. The molecule has 30 heavy (non-hydrogen) atoms. The number of nitrogens with two attached hydrogens (primary N) is 1. The number of carbonyl (C=O) groups excluding carboxylic acids is 1. The summed E-state index contributed by atoms with van der Waals surface area (Å²) in [5, 5.41) is 3.55. The Labute approximate surface area is 175 Å². The third kappa shape index (κ3) is 4.28. The van der Waals surface area contributed by atoms with E-state index in [4.69, 9.17) is 20.4 Å². The number of nitrogen functional groups attached to an aromatic ring is 1. The highest BCUT2D eigenvalue weighted by Crippen LogP contribution is 2.29. The molecule has 4 rings (SSSR count). The summed E-state index contributed by atoms with van der Waals surface area (Å²) in [6.07, 6.45) is 4.17. The third-order valence-electron chi connectivity index (χ3n) is 5.65. The first-order valence-electron chi connectivity index (χ1n) is 10.2. The topological polar surface area (TPSA) is 122 Å². The number of morpholine rings is 1. The maximum atomic E-state index is 11.8. The molecule has 0 bridgehead atoms. The molecule has 10 heteroatoms. The molecule has 2 aromatic rings. The average molecular weight is 412 g/mol. The molecule has 2 fully saturated rings. The van der Waals surface area contributed by atoms with Crippen LogP contribution in [0.2, 0.25) is 0 Å². The van der Waals surface area contributed by atoms with Crippen molar-refractivity contribution in [3.05, 3.63) is 18.5 Å². The number of amides is 1. The normalized spacial score (nSPS) is 24.2. The molecule has 2 aliphatic rings. The first kappa shape index (κ1) is 20.3. The van der Waals surface area contributed by atoms with Crippen molar-refractivity contribution in [3.8, 4) is 11.3 Å². The number of carbonyl (C=O) groups is 1. The predicted molar refractivity (Wildman–Crippen MR) is 114 cm³/mol. The molecular formula is C20H28N8O2. The molecule has 160 valence electrons. The number of aromatic nitrogens is 4. The average Bonchev–Trinajstić information content (AvgIpc) is 3.10. The Hall–Kier alpha value is -3.01. The van der Waals surface area contributed by atoms with Gasteiger partial charge in [0, 0.05) is 50.6 Å². The van der Waals surface area contributed by atoms with Gasteiger partial charge in [0.05, 0.1) is 30.5 Å². The van der Waals surface area contributed by atoms with Gasteiger partial charge < -0.3 is 25.6 Å². The van der Waals surface area contributed by atoms with Crippen LogP contribution in [-0.4, -0.2) is 75.2 Å². The van der Waals surface area contributed by atoms with E-state index in [2.05, 4.69) is 34.0 Å². The van der Waals surface area contributed by atoms with Gasteiger partial charge in [-0.2, -0.15) is 4.98 Å². The van der Waals surface area contributed by atoms with E-state index in [-0.39, 0.29) is 23.4 Å². The minimum absolute atomic E-state index is 0.0887. The molecule has 1 amide bonds. The monoisotopic (exact) mass is 412 g/mol. The lowest BCUT2D eigenvalue weighted by molar-refractivity contribution is -0.127. The summed E-state index contributed by atoms with van der Waals surface area (Å²) < 4.78 is 5.57. The zero-order chi connectivity index (χ0) is 21.3. The molecule has 0 spiro atoms. The number of ether oxygens (including phenoxy) is 1. The fraction of sp³-hybridized carbons (Fsp3) is 0.550. The van der Waals surface area contributed by atoms with Crippen LogP contribution in [0.1, 0.15) is 27.2 Å². The van der Waals surface area contributed by atoms with Crippen molar-refractivity contribution in [1.82, 2.24) is 24.8 Å². The highest BCUT2D eigenvalue weighted by atomic mass is 16.5. The van der Waals surface area contributed by atoms with Crippen LogP contribution < -0.4 is 16.0 Å².